The molecule has 0 spiro atoms. The summed E-state index contributed by atoms with van der Waals surface area (Å²) in [6, 6.07) is 10.2. The van der Waals surface area contributed by atoms with Crippen LogP contribution in [0.4, 0.5) is 0 Å². The maximum absolute atomic E-state index is 4.59. The fraction of sp³-hybridized carbons (Fsp3) is 0.143. The molecule has 3 aromatic rings. The molecule has 4 heteroatoms. The van der Waals surface area contributed by atoms with Gasteiger partial charge in [0.2, 0.25) is 0 Å². The van der Waals surface area contributed by atoms with E-state index in [9.17, 15) is 0 Å². The van der Waals surface area contributed by atoms with Crippen LogP contribution in [0, 0.1) is 6.92 Å². The third-order valence-electron chi connectivity index (χ3n) is 2.93. The molecule has 0 N–H and O–H groups in total. The van der Waals surface area contributed by atoms with Gasteiger partial charge in [0, 0.05) is 23.3 Å². The fourth-order valence-electron chi connectivity index (χ4n) is 2.13. The molecule has 0 radical (unpaired) electrons. The summed E-state index contributed by atoms with van der Waals surface area (Å²) in [6.07, 6.45) is 2.02. The number of benzene rings is 1. The van der Waals surface area contributed by atoms with Crippen LogP contribution in [0.15, 0.2) is 41.0 Å². The van der Waals surface area contributed by atoms with Gasteiger partial charge in [-0.2, -0.15) is 0 Å². The second-order valence-corrected chi connectivity index (χ2v) is 5.13. The Bertz CT molecular complexity index is 717. The van der Waals surface area contributed by atoms with Gasteiger partial charge in [-0.25, -0.2) is 9.97 Å². The highest BCUT2D eigenvalue weighted by atomic mass is 79.9. The third-order valence-corrected chi connectivity index (χ3v) is 3.53. The van der Waals surface area contributed by atoms with Gasteiger partial charge in [-0.1, -0.05) is 30.3 Å². The maximum atomic E-state index is 4.59. The lowest BCUT2D eigenvalue weighted by atomic mass is 10.1. The van der Waals surface area contributed by atoms with Gasteiger partial charge in [0.15, 0.2) is 0 Å². The first kappa shape index (κ1) is 11.4. The van der Waals surface area contributed by atoms with E-state index in [1.54, 1.807) is 0 Å². The van der Waals surface area contributed by atoms with Gasteiger partial charge >= 0.3 is 0 Å². The standard InChI is InChI=1S/C14H12BrN3/c1-9-16-13(10-6-4-3-5-7-10)12-11(15)8-18(2)14(12)17-9/h3-8H,1-2H3. The molecule has 2 aromatic heterocycles. The van der Waals surface area contributed by atoms with Crippen LogP contribution >= 0.6 is 15.9 Å². The number of halogens is 1. The Kier molecular flexibility index (Phi) is 2.67. The van der Waals surface area contributed by atoms with E-state index in [4.69, 9.17) is 0 Å². The van der Waals surface area contributed by atoms with E-state index in [0.717, 1.165) is 32.6 Å². The van der Waals surface area contributed by atoms with Crippen molar-refractivity contribution in [3.63, 3.8) is 0 Å². The van der Waals surface area contributed by atoms with E-state index in [0.29, 0.717) is 0 Å². The van der Waals surface area contributed by atoms with Crippen LogP contribution in [-0.2, 0) is 7.05 Å². The van der Waals surface area contributed by atoms with Crippen molar-refractivity contribution in [1.29, 1.82) is 0 Å². The molecule has 18 heavy (non-hydrogen) atoms. The summed E-state index contributed by atoms with van der Waals surface area (Å²) in [4.78, 5) is 9.10. The average Bonchev–Trinajstić information content (AvgIpc) is 2.65. The highest BCUT2D eigenvalue weighted by molar-refractivity contribution is 9.10. The molecule has 0 atom stereocenters. The van der Waals surface area contributed by atoms with Crippen LogP contribution in [0.3, 0.4) is 0 Å². The highest BCUT2D eigenvalue weighted by Crippen LogP contribution is 2.32. The van der Waals surface area contributed by atoms with E-state index < -0.39 is 0 Å². The smallest absolute Gasteiger partial charge is 0.145 e. The zero-order chi connectivity index (χ0) is 12.7. The van der Waals surface area contributed by atoms with Crippen molar-refractivity contribution in [3.8, 4) is 11.3 Å². The molecule has 0 aliphatic carbocycles. The largest absolute Gasteiger partial charge is 0.334 e. The fourth-order valence-corrected chi connectivity index (χ4v) is 2.81. The number of hydrogen-bond donors (Lipinski definition) is 0. The van der Waals surface area contributed by atoms with Gasteiger partial charge in [0.1, 0.15) is 11.5 Å². The summed E-state index contributed by atoms with van der Waals surface area (Å²) in [7, 11) is 1.99. The van der Waals surface area contributed by atoms with E-state index in [2.05, 4.69) is 38.0 Å². The number of nitrogens with zero attached hydrogens (tertiary/aromatic N) is 3. The summed E-state index contributed by atoms with van der Waals surface area (Å²) < 4.78 is 3.04. The van der Waals surface area contributed by atoms with Crippen LogP contribution in [0.5, 0.6) is 0 Å². The number of rotatable bonds is 1. The zero-order valence-electron chi connectivity index (χ0n) is 10.2. The van der Waals surface area contributed by atoms with Crippen molar-refractivity contribution < 1.29 is 0 Å². The molecule has 2 heterocycles. The van der Waals surface area contributed by atoms with Crippen molar-refractivity contribution >= 4 is 27.0 Å². The minimum Gasteiger partial charge on any atom is -0.334 e. The molecule has 3 nitrogen and oxygen atoms in total. The Labute approximate surface area is 114 Å². The summed E-state index contributed by atoms with van der Waals surface area (Å²) >= 11 is 3.59. The monoisotopic (exact) mass is 301 g/mol. The van der Waals surface area contributed by atoms with E-state index in [-0.39, 0.29) is 0 Å². The van der Waals surface area contributed by atoms with Crippen molar-refractivity contribution in [2.75, 3.05) is 0 Å². The van der Waals surface area contributed by atoms with Crippen LogP contribution in [0.1, 0.15) is 5.82 Å². The predicted octanol–water partition coefficient (Wildman–Crippen LogP) is 3.71. The maximum Gasteiger partial charge on any atom is 0.145 e. The van der Waals surface area contributed by atoms with E-state index in [1.807, 2.05) is 42.9 Å². The average molecular weight is 302 g/mol. The molecule has 1 aromatic carbocycles. The second kappa shape index (κ2) is 4.21. The van der Waals surface area contributed by atoms with E-state index >= 15 is 0 Å². The SMILES string of the molecule is Cc1nc(-c2ccccc2)c2c(Br)cn(C)c2n1. The van der Waals surface area contributed by atoms with Gasteiger partial charge < -0.3 is 4.57 Å². The minimum absolute atomic E-state index is 0.787. The van der Waals surface area contributed by atoms with Crippen molar-refractivity contribution in [1.82, 2.24) is 14.5 Å². The molecule has 0 bridgehead atoms. The molecule has 0 unspecified atom stereocenters. The Morgan fingerprint density at radius 2 is 1.83 bits per heavy atom. The van der Waals surface area contributed by atoms with Crippen molar-refractivity contribution in [3.05, 3.63) is 46.8 Å². The minimum atomic E-state index is 0.787. The zero-order valence-corrected chi connectivity index (χ0v) is 11.8. The lowest BCUT2D eigenvalue weighted by Crippen LogP contribution is -1.96. The summed E-state index contributed by atoms with van der Waals surface area (Å²) in [6.45, 7) is 1.92. The third kappa shape index (κ3) is 1.73. The quantitative estimate of drug-likeness (QED) is 0.686. The Morgan fingerprint density at radius 1 is 1.11 bits per heavy atom. The normalized spacial score (nSPS) is 11.1. The first-order valence-corrected chi connectivity index (χ1v) is 6.50. The summed E-state index contributed by atoms with van der Waals surface area (Å²) in [5.41, 5.74) is 3.04. The molecule has 0 aliphatic rings. The second-order valence-electron chi connectivity index (χ2n) is 4.27. The highest BCUT2D eigenvalue weighted by Gasteiger charge is 2.14. The molecular weight excluding hydrogens is 290 g/mol. The molecule has 0 fully saturated rings. The number of aromatic nitrogens is 3. The molecule has 0 saturated carbocycles. The van der Waals surface area contributed by atoms with Crippen molar-refractivity contribution in [2.45, 2.75) is 6.92 Å². The molecule has 3 rings (SSSR count). The summed E-state index contributed by atoms with van der Waals surface area (Å²) in [5, 5.41) is 1.06. The summed E-state index contributed by atoms with van der Waals surface area (Å²) in [5.74, 6) is 0.787. The lowest BCUT2D eigenvalue weighted by Gasteiger charge is -2.05. The topological polar surface area (TPSA) is 30.7 Å². The first-order chi connectivity index (χ1) is 8.66. The van der Waals surface area contributed by atoms with Crippen LogP contribution in [0.25, 0.3) is 22.3 Å². The molecule has 90 valence electrons. The van der Waals surface area contributed by atoms with Gasteiger partial charge in [0.05, 0.1) is 11.1 Å². The first-order valence-electron chi connectivity index (χ1n) is 5.71. The van der Waals surface area contributed by atoms with Crippen LogP contribution < -0.4 is 0 Å². The predicted molar refractivity (Wildman–Crippen MR) is 76.4 cm³/mol. The van der Waals surface area contributed by atoms with Crippen LogP contribution in [0.2, 0.25) is 0 Å². The lowest BCUT2D eigenvalue weighted by molar-refractivity contribution is 0.931. The van der Waals surface area contributed by atoms with Crippen LogP contribution in [-0.4, -0.2) is 14.5 Å². The Balaban J connectivity index is 2.42. The number of aryl methyl sites for hydroxylation is 2. The van der Waals surface area contributed by atoms with Crippen molar-refractivity contribution in [2.24, 2.45) is 7.05 Å². The Morgan fingerprint density at radius 3 is 2.56 bits per heavy atom. The molecule has 0 saturated heterocycles. The molecule has 0 aliphatic heterocycles. The van der Waals surface area contributed by atoms with Gasteiger partial charge in [-0.15, -0.1) is 0 Å². The molecule has 0 amide bonds. The Hall–Kier alpha value is -1.68. The van der Waals surface area contributed by atoms with Gasteiger partial charge in [-0.3, -0.25) is 0 Å². The molecular formula is C14H12BrN3. The van der Waals surface area contributed by atoms with Gasteiger partial charge in [0.25, 0.3) is 0 Å². The number of fused-ring (bicyclic) bond motifs is 1. The number of hydrogen-bond acceptors (Lipinski definition) is 2. The van der Waals surface area contributed by atoms with Gasteiger partial charge in [-0.05, 0) is 22.9 Å². The van der Waals surface area contributed by atoms with E-state index in [1.165, 1.54) is 0 Å².